The van der Waals surface area contributed by atoms with Crippen LogP contribution in [-0.4, -0.2) is 57.1 Å². The molecular weight excluding hydrogens is 474 g/mol. The molecular formula is C28H37N3O4S. The molecule has 0 unspecified atom stereocenters. The van der Waals surface area contributed by atoms with Crippen molar-refractivity contribution in [1.29, 1.82) is 0 Å². The molecule has 0 saturated heterocycles. The predicted molar refractivity (Wildman–Crippen MR) is 147 cm³/mol. The first-order valence-corrected chi connectivity index (χ1v) is 13.1. The number of benzene rings is 2. The van der Waals surface area contributed by atoms with Crippen LogP contribution in [0.2, 0.25) is 0 Å². The highest BCUT2D eigenvalue weighted by molar-refractivity contribution is 8.04. The van der Waals surface area contributed by atoms with Crippen molar-refractivity contribution in [2.75, 3.05) is 45.7 Å². The van der Waals surface area contributed by atoms with Gasteiger partial charge in [-0.1, -0.05) is 45.5 Å². The summed E-state index contributed by atoms with van der Waals surface area (Å²) in [6.45, 7) is 12.2. The molecule has 0 atom stereocenters. The number of thioether (sulfide) groups is 1. The number of nitrogens with zero attached hydrogens (tertiary/aromatic N) is 1. The molecule has 2 aromatic rings. The molecule has 0 saturated carbocycles. The van der Waals surface area contributed by atoms with Gasteiger partial charge in [-0.3, -0.25) is 9.59 Å². The number of fused-ring (bicyclic) bond motifs is 1. The molecule has 36 heavy (non-hydrogen) atoms. The third kappa shape index (κ3) is 7.51. The van der Waals surface area contributed by atoms with Crippen LogP contribution in [0.15, 0.2) is 46.2 Å². The molecule has 0 bridgehead atoms. The molecule has 1 heterocycles. The molecule has 0 spiro atoms. The second-order valence-electron chi connectivity index (χ2n) is 9.69. The Morgan fingerprint density at radius 2 is 1.72 bits per heavy atom. The second kappa shape index (κ2) is 12.8. The third-order valence-electron chi connectivity index (χ3n) is 5.60. The molecule has 8 heteroatoms. The zero-order valence-corrected chi connectivity index (χ0v) is 22.8. The summed E-state index contributed by atoms with van der Waals surface area (Å²) in [6, 6.07) is 10.9. The Morgan fingerprint density at radius 1 is 1.03 bits per heavy atom. The van der Waals surface area contributed by atoms with E-state index in [0.29, 0.717) is 46.0 Å². The number of nitrogens with one attached hydrogen (secondary N) is 2. The molecule has 2 aromatic carbocycles. The Balaban J connectivity index is 1.65. The predicted octanol–water partition coefficient (Wildman–Crippen LogP) is 5.13. The van der Waals surface area contributed by atoms with Crippen molar-refractivity contribution in [2.24, 2.45) is 11.8 Å². The molecule has 7 nitrogen and oxygen atoms in total. The van der Waals surface area contributed by atoms with Crippen LogP contribution in [0.4, 0.5) is 5.69 Å². The monoisotopic (exact) mass is 511 g/mol. The number of rotatable bonds is 11. The van der Waals surface area contributed by atoms with Crippen LogP contribution < -0.4 is 20.1 Å². The molecule has 1 aliphatic heterocycles. The normalized spacial score (nSPS) is 14.2. The molecule has 0 fully saturated rings. The summed E-state index contributed by atoms with van der Waals surface area (Å²) in [7, 11) is 3.16. The van der Waals surface area contributed by atoms with E-state index in [-0.39, 0.29) is 11.8 Å². The van der Waals surface area contributed by atoms with Gasteiger partial charge in [-0.05, 0) is 53.8 Å². The quantitative estimate of drug-likeness (QED) is 0.407. The highest BCUT2D eigenvalue weighted by Gasteiger charge is 2.22. The maximum absolute atomic E-state index is 12.8. The smallest absolute Gasteiger partial charge is 0.262 e. The van der Waals surface area contributed by atoms with Crippen molar-refractivity contribution >= 4 is 35.3 Å². The summed E-state index contributed by atoms with van der Waals surface area (Å²) < 4.78 is 10.6. The minimum Gasteiger partial charge on any atom is -0.493 e. The average molecular weight is 512 g/mol. The summed E-state index contributed by atoms with van der Waals surface area (Å²) in [5.41, 5.74) is 2.00. The first-order chi connectivity index (χ1) is 17.2. The fourth-order valence-electron chi connectivity index (χ4n) is 4.12. The molecule has 1 aliphatic rings. The lowest BCUT2D eigenvalue weighted by Crippen LogP contribution is -2.38. The fraction of sp³-hybridized carbons (Fsp3) is 0.429. The second-order valence-corrected chi connectivity index (χ2v) is 10.8. The van der Waals surface area contributed by atoms with E-state index < -0.39 is 0 Å². The Hall–Kier alpha value is -2.97. The number of hydrogen-bond donors (Lipinski definition) is 2. The Bertz CT molecular complexity index is 1100. The summed E-state index contributed by atoms with van der Waals surface area (Å²) in [4.78, 5) is 29.4. The molecule has 0 aliphatic carbocycles. The number of amides is 2. The van der Waals surface area contributed by atoms with Gasteiger partial charge in [0.05, 0.1) is 24.8 Å². The van der Waals surface area contributed by atoms with Crippen molar-refractivity contribution in [1.82, 2.24) is 10.2 Å². The summed E-state index contributed by atoms with van der Waals surface area (Å²) in [5, 5.41) is 5.94. The number of carbonyl (C=O) groups excluding carboxylic acids is 2. The standard InChI is InChI=1S/C28H37N3O4S/c1-18(2)16-31(17-19(3)4)12-11-29-27(32)21-8-10-25-22(15-21)30-28(33)26(36-25)14-20-7-9-23(34-5)24(13-20)35-6/h7-10,13-15,18-19H,11-12,16-17H2,1-6H3,(H,29,32)(H,30,33)/b26-14+. The molecule has 2 N–H and O–H groups in total. The molecule has 3 rings (SSSR count). The van der Waals surface area contributed by atoms with Crippen LogP contribution in [0.3, 0.4) is 0 Å². The van der Waals surface area contributed by atoms with E-state index in [4.69, 9.17) is 9.47 Å². The lowest BCUT2D eigenvalue weighted by Gasteiger charge is -2.26. The van der Waals surface area contributed by atoms with Gasteiger partial charge in [-0.15, -0.1) is 0 Å². The first-order valence-electron chi connectivity index (χ1n) is 12.3. The van der Waals surface area contributed by atoms with Crippen molar-refractivity contribution in [2.45, 2.75) is 32.6 Å². The van der Waals surface area contributed by atoms with E-state index in [1.54, 1.807) is 32.4 Å². The molecule has 2 amide bonds. The average Bonchev–Trinajstić information content (AvgIpc) is 2.83. The van der Waals surface area contributed by atoms with Crippen LogP contribution in [0.5, 0.6) is 11.5 Å². The van der Waals surface area contributed by atoms with E-state index in [1.807, 2.05) is 24.3 Å². The van der Waals surface area contributed by atoms with E-state index in [2.05, 4.69) is 43.2 Å². The van der Waals surface area contributed by atoms with Gasteiger partial charge in [0.25, 0.3) is 11.8 Å². The maximum Gasteiger partial charge on any atom is 0.262 e. The van der Waals surface area contributed by atoms with Crippen LogP contribution in [0, 0.1) is 11.8 Å². The van der Waals surface area contributed by atoms with Gasteiger partial charge in [-0.25, -0.2) is 0 Å². The van der Waals surface area contributed by atoms with E-state index >= 15 is 0 Å². The van der Waals surface area contributed by atoms with Gasteiger partial charge in [0, 0.05) is 36.6 Å². The van der Waals surface area contributed by atoms with E-state index in [0.717, 1.165) is 30.1 Å². The van der Waals surface area contributed by atoms with Crippen molar-refractivity contribution < 1.29 is 19.1 Å². The van der Waals surface area contributed by atoms with Crippen LogP contribution in [-0.2, 0) is 4.79 Å². The Morgan fingerprint density at radius 3 is 2.36 bits per heavy atom. The van der Waals surface area contributed by atoms with Crippen molar-refractivity contribution in [3.8, 4) is 11.5 Å². The number of hydrogen-bond acceptors (Lipinski definition) is 6. The van der Waals surface area contributed by atoms with Gasteiger partial charge in [0.1, 0.15) is 0 Å². The lowest BCUT2D eigenvalue weighted by atomic mass is 10.1. The van der Waals surface area contributed by atoms with Gasteiger partial charge in [-0.2, -0.15) is 0 Å². The summed E-state index contributed by atoms with van der Waals surface area (Å²) in [5.74, 6) is 2.03. The summed E-state index contributed by atoms with van der Waals surface area (Å²) >= 11 is 1.38. The zero-order valence-electron chi connectivity index (χ0n) is 22.0. The minimum absolute atomic E-state index is 0.141. The SMILES string of the molecule is COc1ccc(/C=C2/Sc3ccc(C(=O)NCCN(CC(C)C)CC(C)C)cc3NC2=O)cc1OC. The topological polar surface area (TPSA) is 79.9 Å². The van der Waals surface area contributed by atoms with E-state index in [1.165, 1.54) is 11.8 Å². The van der Waals surface area contributed by atoms with Crippen LogP contribution in [0.1, 0.15) is 43.6 Å². The maximum atomic E-state index is 12.8. The first kappa shape index (κ1) is 27.6. The molecule has 0 radical (unpaired) electrons. The Kier molecular flexibility index (Phi) is 9.84. The van der Waals surface area contributed by atoms with Crippen molar-refractivity contribution in [3.05, 3.63) is 52.4 Å². The lowest BCUT2D eigenvalue weighted by molar-refractivity contribution is -0.112. The fourth-order valence-corrected chi connectivity index (χ4v) is 5.05. The largest absolute Gasteiger partial charge is 0.493 e. The van der Waals surface area contributed by atoms with Crippen molar-refractivity contribution in [3.63, 3.8) is 0 Å². The number of methoxy groups -OCH3 is 2. The van der Waals surface area contributed by atoms with Gasteiger partial charge in [0.2, 0.25) is 0 Å². The van der Waals surface area contributed by atoms with Crippen LogP contribution >= 0.6 is 11.8 Å². The van der Waals surface area contributed by atoms with Crippen LogP contribution in [0.25, 0.3) is 6.08 Å². The molecule has 194 valence electrons. The molecule has 0 aromatic heterocycles. The third-order valence-corrected chi connectivity index (χ3v) is 6.70. The number of ether oxygens (including phenoxy) is 2. The highest BCUT2D eigenvalue weighted by Crippen LogP contribution is 2.40. The highest BCUT2D eigenvalue weighted by atomic mass is 32.2. The number of carbonyl (C=O) groups is 2. The van der Waals surface area contributed by atoms with E-state index in [9.17, 15) is 9.59 Å². The zero-order chi connectivity index (χ0) is 26.2. The van der Waals surface area contributed by atoms with Gasteiger partial charge in [0.15, 0.2) is 11.5 Å². The van der Waals surface area contributed by atoms with Gasteiger partial charge < -0.3 is 25.0 Å². The van der Waals surface area contributed by atoms with Gasteiger partial charge >= 0.3 is 0 Å². The Labute approximate surface area is 218 Å². The number of anilines is 1. The minimum atomic E-state index is -0.210. The summed E-state index contributed by atoms with van der Waals surface area (Å²) in [6.07, 6.45) is 1.81.